The molecule has 1 aromatic heterocycles. The highest BCUT2D eigenvalue weighted by Crippen LogP contribution is 2.49. The van der Waals surface area contributed by atoms with Crippen LogP contribution in [-0.4, -0.2) is 0 Å². The Bertz CT molecular complexity index is 2890. The molecule has 8 aromatic carbocycles. The Balaban J connectivity index is 1.20. The molecule has 0 atom stereocenters. The zero-order valence-corrected chi connectivity index (χ0v) is 33.6. The molecule has 9 aromatic rings. The molecule has 0 N–H and O–H groups in total. The highest BCUT2D eigenvalue weighted by molar-refractivity contribution is 7.80. The molecule has 0 amide bonds. The third-order valence-electron chi connectivity index (χ3n) is 12.1. The zero-order valence-electron chi connectivity index (χ0n) is 31.8. The molecule has 1 heterocycles. The Morgan fingerprint density at radius 1 is 0.439 bits per heavy atom. The van der Waals surface area contributed by atoms with E-state index < -0.39 is 16.2 Å². The summed E-state index contributed by atoms with van der Waals surface area (Å²) >= 11 is 0. The van der Waals surface area contributed by atoms with E-state index in [9.17, 15) is 0 Å². The number of rotatable bonds is 6. The van der Waals surface area contributed by atoms with Crippen molar-refractivity contribution in [1.82, 2.24) is 0 Å². The molecule has 0 saturated heterocycles. The maximum absolute atomic E-state index is 7.25. The lowest BCUT2D eigenvalue weighted by molar-refractivity contribution is 0.499. The van der Waals surface area contributed by atoms with Crippen molar-refractivity contribution in [2.45, 2.75) is 51.4 Å². The predicted molar refractivity (Wildman–Crippen MR) is 241 cm³/mol. The molecule has 2 aliphatic carbocycles. The first-order valence-electron chi connectivity index (χ1n) is 20.4. The molecular formula is C52H42O3P2. The van der Waals surface area contributed by atoms with Crippen molar-refractivity contribution in [3.8, 4) is 16.9 Å². The highest BCUT2D eigenvalue weighted by atomic mass is 31.1. The lowest BCUT2D eigenvalue weighted by Gasteiger charge is -2.25. The van der Waals surface area contributed by atoms with Crippen LogP contribution >= 0.6 is 16.2 Å². The van der Waals surface area contributed by atoms with E-state index in [0.29, 0.717) is 0 Å². The van der Waals surface area contributed by atoms with Gasteiger partial charge in [0.15, 0.2) is 0 Å². The first-order valence-corrected chi connectivity index (χ1v) is 22.8. The number of hydrogen-bond donors (Lipinski definition) is 0. The van der Waals surface area contributed by atoms with Crippen LogP contribution in [0.2, 0.25) is 0 Å². The summed E-state index contributed by atoms with van der Waals surface area (Å²) in [6.07, 6.45) is 9.21. The Labute approximate surface area is 335 Å². The van der Waals surface area contributed by atoms with E-state index in [-0.39, 0.29) is 0 Å². The van der Waals surface area contributed by atoms with E-state index >= 15 is 0 Å². The maximum Gasteiger partial charge on any atom is 0.453 e. The molecule has 11 rings (SSSR count). The lowest BCUT2D eigenvalue weighted by Crippen LogP contribution is -2.22. The fourth-order valence-corrected chi connectivity index (χ4v) is 13.0. The second-order valence-electron chi connectivity index (χ2n) is 15.4. The van der Waals surface area contributed by atoms with Crippen LogP contribution in [0.4, 0.5) is 0 Å². The third-order valence-corrected chi connectivity index (χ3v) is 15.6. The van der Waals surface area contributed by atoms with Crippen LogP contribution in [0.1, 0.15) is 47.9 Å². The van der Waals surface area contributed by atoms with Crippen LogP contribution in [-0.2, 0) is 25.7 Å². The van der Waals surface area contributed by atoms with Gasteiger partial charge in [0.05, 0.1) is 0 Å². The number of aryl methyl sites for hydroxylation is 4. The number of hydrogen-bond acceptors (Lipinski definition) is 3. The monoisotopic (exact) mass is 776 g/mol. The minimum atomic E-state index is -1.89. The van der Waals surface area contributed by atoms with E-state index in [1.807, 2.05) is 0 Å². The van der Waals surface area contributed by atoms with Gasteiger partial charge in [0, 0.05) is 21.9 Å². The van der Waals surface area contributed by atoms with Crippen LogP contribution in [0.25, 0.3) is 54.6 Å². The fraction of sp³-hybridized carbons (Fsp3) is 0.154. The summed E-state index contributed by atoms with van der Waals surface area (Å²) in [5.41, 5.74) is 9.77. The molecule has 0 spiro atoms. The Hall–Kier alpha value is -5.59. The van der Waals surface area contributed by atoms with E-state index in [0.717, 1.165) is 58.9 Å². The largest absolute Gasteiger partial charge is 0.453 e. The smallest absolute Gasteiger partial charge is 0.390 e. The molecule has 57 heavy (non-hydrogen) atoms. The Morgan fingerprint density at radius 3 is 1.51 bits per heavy atom. The van der Waals surface area contributed by atoms with Gasteiger partial charge in [-0.1, -0.05) is 140 Å². The molecule has 5 heteroatoms. The molecule has 0 radical (unpaired) electrons. The van der Waals surface area contributed by atoms with Crippen molar-refractivity contribution in [2.24, 2.45) is 0 Å². The van der Waals surface area contributed by atoms with E-state index in [2.05, 4.69) is 158 Å². The van der Waals surface area contributed by atoms with Gasteiger partial charge in [0.1, 0.15) is 16.9 Å². The SMILES string of the molecule is c1ccc(P(c2ccccc2)c2ccc3ccccc3c2-c2c(Op3oc4ccc5c(c4c4c6c(ccc4o3)CCCC6)CCCC5)ccc3ccccc23)cc1. The van der Waals surface area contributed by atoms with Gasteiger partial charge in [-0.25, -0.2) is 0 Å². The molecule has 2 aliphatic rings. The summed E-state index contributed by atoms with van der Waals surface area (Å²) in [5, 5.41) is 11.0. The van der Waals surface area contributed by atoms with E-state index in [1.54, 1.807) is 0 Å². The van der Waals surface area contributed by atoms with Crippen molar-refractivity contribution in [2.75, 3.05) is 0 Å². The summed E-state index contributed by atoms with van der Waals surface area (Å²) in [6, 6.07) is 57.4. The van der Waals surface area contributed by atoms with Gasteiger partial charge in [-0.3, -0.25) is 0 Å². The predicted octanol–water partition coefficient (Wildman–Crippen LogP) is 13.6. The average Bonchev–Trinajstić information content (AvgIpc) is 3.44. The van der Waals surface area contributed by atoms with E-state index in [4.69, 9.17) is 12.9 Å². The minimum absolute atomic E-state index is 0.759. The molecule has 0 fully saturated rings. The fourth-order valence-electron chi connectivity index (χ4n) is 9.49. The Kier molecular flexibility index (Phi) is 8.95. The van der Waals surface area contributed by atoms with Crippen molar-refractivity contribution in [3.63, 3.8) is 0 Å². The molecule has 0 aliphatic heterocycles. The van der Waals surface area contributed by atoms with Crippen molar-refractivity contribution in [3.05, 3.63) is 180 Å². The average molecular weight is 777 g/mol. The topological polar surface area (TPSA) is 35.5 Å². The van der Waals surface area contributed by atoms with Crippen molar-refractivity contribution < 1.29 is 12.9 Å². The third kappa shape index (κ3) is 6.17. The Morgan fingerprint density at radius 2 is 0.930 bits per heavy atom. The van der Waals surface area contributed by atoms with Gasteiger partial charge in [-0.05, 0) is 137 Å². The lowest BCUT2D eigenvalue weighted by atomic mass is 9.84. The summed E-state index contributed by atoms with van der Waals surface area (Å²) in [5.74, 6) is 0.759. The second-order valence-corrected chi connectivity index (χ2v) is 18.6. The van der Waals surface area contributed by atoms with Gasteiger partial charge in [-0.2, -0.15) is 0 Å². The summed E-state index contributed by atoms with van der Waals surface area (Å²) in [7, 11) is -2.83. The van der Waals surface area contributed by atoms with Crippen LogP contribution in [0.15, 0.2) is 166 Å². The first-order chi connectivity index (χ1) is 28.3. The number of fused-ring (bicyclic) bond motifs is 9. The summed E-state index contributed by atoms with van der Waals surface area (Å²) in [4.78, 5) is 0. The standard InChI is InChI=1S/C52H42O3P2/c1-3-19-39(20-4-1)56(40-21-5-2-6-22-40)48-34-30-38-18-10-14-26-44(38)52(48)51-43-25-13-9-17-37(43)29-33-47(51)55-57-53-45-31-27-35-15-7-11-23-41(35)49(45)50-42-24-12-8-16-36(42)28-32-46(50)54-57/h1-6,9-10,13-14,17-22,25-34H,7-8,11-12,15-16,23-24H2. The summed E-state index contributed by atoms with van der Waals surface area (Å²) < 4.78 is 21.3. The molecule has 3 nitrogen and oxygen atoms in total. The first kappa shape index (κ1) is 34.6. The molecular weight excluding hydrogens is 735 g/mol. The maximum atomic E-state index is 7.25. The van der Waals surface area contributed by atoms with Crippen LogP contribution < -0.4 is 20.4 Å². The molecule has 0 saturated carbocycles. The normalized spacial score (nSPS) is 13.9. The van der Waals surface area contributed by atoms with Gasteiger partial charge in [0.25, 0.3) is 0 Å². The molecule has 0 bridgehead atoms. The van der Waals surface area contributed by atoms with Crippen LogP contribution in [0, 0.1) is 0 Å². The zero-order chi connectivity index (χ0) is 37.7. The minimum Gasteiger partial charge on any atom is -0.390 e. The molecule has 0 unspecified atom stereocenters. The second kappa shape index (κ2) is 14.7. The molecule has 278 valence electrons. The van der Waals surface area contributed by atoms with Crippen molar-refractivity contribution >= 4 is 75.6 Å². The van der Waals surface area contributed by atoms with E-state index in [1.165, 1.54) is 91.0 Å². The van der Waals surface area contributed by atoms with Crippen LogP contribution in [0.5, 0.6) is 5.75 Å². The van der Waals surface area contributed by atoms with Gasteiger partial charge < -0.3 is 12.9 Å². The van der Waals surface area contributed by atoms with Gasteiger partial charge >= 0.3 is 8.24 Å². The van der Waals surface area contributed by atoms with Gasteiger partial charge in [-0.15, -0.1) is 0 Å². The summed E-state index contributed by atoms with van der Waals surface area (Å²) in [6.45, 7) is 0. The van der Waals surface area contributed by atoms with Crippen LogP contribution in [0.3, 0.4) is 0 Å². The van der Waals surface area contributed by atoms with Crippen molar-refractivity contribution in [1.29, 1.82) is 0 Å². The quantitative estimate of drug-likeness (QED) is 0.158. The number of benzene rings is 8. The highest BCUT2D eigenvalue weighted by Gasteiger charge is 2.27. The van der Waals surface area contributed by atoms with Gasteiger partial charge in [0.2, 0.25) is 0 Å².